The monoisotopic (exact) mass is 272 g/mol. The van der Waals surface area contributed by atoms with Gasteiger partial charge in [-0.1, -0.05) is 12.1 Å². The number of nitrogens with two attached hydrogens (primary N) is 1. The van der Waals surface area contributed by atoms with Crippen LogP contribution in [-0.4, -0.2) is 19.2 Å². The van der Waals surface area contributed by atoms with Crippen LogP contribution in [0.15, 0.2) is 42.6 Å². The molecule has 0 fully saturated rings. The number of aryl methyl sites for hydroxylation is 1. The van der Waals surface area contributed by atoms with Crippen LogP contribution in [0.25, 0.3) is 0 Å². The van der Waals surface area contributed by atoms with Crippen LogP contribution in [0.4, 0.5) is 0 Å². The summed E-state index contributed by atoms with van der Waals surface area (Å²) in [4.78, 5) is 4.28. The highest BCUT2D eigenvalue weighted by atomic mass is 16.5. The van der Waals surface area contributed by atoms with Crippen molar-refractivity contribution >= 4 is 0 Å². The molecule has 2 N–H and O–H groups in total. The molecule has 1 heterocycles. The van der Waals surface area contributed by atoms with Gasteiger partial charge in [-0.2, -0.15) is 0 Å². The van der Waals surface area contributed by atoms with Crippen LogP contribution in [0.1, 0.15) is 23.7 Å². The summed E-state index contributed by atoms with van der Waals surface area (Å²) in [6, 6.07) is 11.7. The zero-order valence-electron chi connectivity index (χ0n) is 11.9. The van der Waals surface area contributed by atoms with Crippen LogP contribution in [-0.2, 0) is 6.42 Å². The number of benzene rings is 1. The van der Waals surface area contributed by atoms with Crippen LogP contribution in [0.5, 0.6) is 11.5 Å². The molecule has 4 heteroatoms. The topological polar surface area (TPSA) is 57.4 Å². The molecule has 0 radical (unpaired) electrons. The molecule has 0 spiro atoms. The van der Waals surface area contributed by atoms with E-state index in [1.807, 2.05) is 36.4 Å². The molecule has 2 rings (SSSR count). The quantitative estimate of drug-likeness (QED) is 0.878. The smallest absolute Gasteiger partial charge is 0.160 e. The number of hydrogen-bond donors (Lipinski definition) is 1. The summed E-state index contributed by atoms with van der Waals surface area (Å²) >= 11 is 0. The fourth-order valence-corrected chi connectivity index (χ4v) is 2.10. The molecule has 0 saturated carbocycles. The molecule has 1 unspecified atom stereocenters. The lowest BCUT2D eigenvalue weighted by Crippen LogP contribution is -2.12. The van der Waals surface area contributed by atoms with E-state index in [2.05, 4.69) is 4.98 Å². The normalized spacial score (nSPS) is 11.9. The standard InChI is InChI=1S/C16H20N2O2/c1-19-15-9-7-12(11-16(15)20-2)6-8-13(17)14-5-3-4-10-18-14/h3-5,7,9-11,13H,6,8,17H2,1-2H3. The highest BCUT2D eigenvalue weighted by Gasteiger charge is 2.09. The molecule has 20 heavy (non-hydrogen) atoms. The van der Waals surface area contributed by atoms with Gasteiger partial charge in [-0.3, -0.25) is 4.98 Å². The predicted molar refractivity (Wildman–Crippen MR) is 79.0 cm³/mol. The van der Waals surface area contributed by atoms with Crippen molar-refractivity contribution in [1.29, 1.82) is 0 Å². The fourth-order valence-electron chi connectivity index (χ4n) is 2.10. The molecule has 0 aliphatic rings. The average molecular weight is 272 g/mol. The zero-order valence-corrected chi connectivity index (χ0v) is 11.9. The molecular weight excluding hydrogens is 252 g/mol. The number of aromatic nitrogens is 1. The highest BCUT2D eigenvalue weighted by Crippen LogP contribution is 2.28. The lowest BCUT2D eigenvalue weighted by Gasteiger charge is -2.12. The van der Waals surface area contributed by atoms with Gasteiger partial charge in [-0.15, -0.1) is 0 Å². The Labute approximate surface area is 119 Å². The lowest BCUT2D eigenvalue weighted by atomic mass is 10.0. The van der Waals surface area contributed by atoms with Gasteiger partial charge in [0.2, 0.25) is 0 Å². The molecule has 0 amide bonds. The Kier molecular flexibility index (Phi) is 4.96. The van der Waals surface area contributed by atoms with Crippen molar-refractivity contribution in [2.24, 2.45) is 5.73 Å². The summed E-state index contributed by atoms with van der Waals surface area (Å²) in [5.41, 5.74) is 8.25. The van der Waals surface area contributed by atoms with Crippen molar-refractivity contribution in [2.75, 3.05) is 14.2 Å². The third kappa shape index (κ3) is 3.48. The largest absolute Gasteiger partial charge is 0.493 e. The van der Waals surface area contributed by atoms with E-state index in [4.69, 9.17) is 15.2 Å². The maximum atomic E-state index is 6.15. The van der Waals surface area contributed by atoms with E-state index in [0.717, 1.165) is 30.0 Å². The Bertz CT molecular complexity index is 543. The van der Waals surface area contributed by atoms with E-state index in [0.29, 0.717) is 0 Å². The minimum Gasteiger partial charge on any atom is -0.493 e. The number of rotatable bonds is 6. The second-order valence-electron chi connectivity index (χ2n) is 4.59. The Hall–Kier alpha value is -2.07. The van der Waals surface area contributed by atoms with E-state index in [-0.39, 0.29) is 6.04 Å². The number of nitrogens with zero attached hydrogens (tertiary/aromatic N) is 1. The minimum atomic E-state index is -0.0516. The summed E-state index contributed by atoms with van der Waals surface area (Å²) in [7, 11) is 3.27. The van der Waals surface area contributed by atoms with E-state index < -0.39 is 0 Å². The van der Waals surface area contributed by atoms with E-state index in [1.165, 1.54) is 5.56 Å². The number of pyridine rings is 1. The molecule has 4 nitrogen and oxygen atoms in total. The SMILES string of the molecule is COc1ccc(CCC(N)c2ccccn2)cc1OC. The van der Waals surface area contributed by atoms with Gasteiger partial charge in [0.05, 0.1) is 19.9 Å². The number of ether oxygens (including phenoxy) is 2. The van der Waals surface area contributed by atoms with Gasteiger partial charge in [0.1, 0.15) is 0 Å². The summed E-state index contributed by atoms with van der Waals surface area (Å²) in [6.07, 6.45) is 3.48. The Morgan fingerprint density at radius 3 is 2.55 bits per heavy atom. The molecule has 0 aliphatic carbocycles. The van der Waals surface area contributed by atoms with Gasteiger partial charge in [-0.05, 0) is 42.7 Å². The second-order valence-corrected chi connectivity index (χ2v) is 4.59. The molecule has 0 bridgehead atoms. The minimum absolute atomic E-state index is 0.0516. The first kappa shape index (κ1) is 14.3. The zero-order chi connectivity index (χ0) is 14.4. The van der Waals surface area contributed by atoms with E-state index in [1.54, 1.807) is 20.4 Å². The average Bonchev–Trinajstić information content (AvgIpc) is 2.53. The van der Waals surface area contributed by atoms with Crippen LogP contribution in [0.3, 0.4) is 0 Å². The summed E-state index contributed by atoms with van der Waals surface area (Å²) in [6.45, 7) is 0. The van der Waals surface area contributed by atoms with Crippen LogP contribution in [0.2, 0.25) is 0 Å². The second kappa shape index (κ2) is 6.91. The molecule has 1 atom stereocenters. The van der Waals surface area contributed by atoms with Gasteiger partial charge < -0.3 is 15.2 Å². The summed E-state index contributed by atoms with van der Waals surface area (Å²) in [5, 5.41) is 0. The summed E-state index contributed by atoms with van der Waals surface area (Å²) in [5.74, 6) is 1.49. The first-order chi connectivity index (χ1) is 9.74. The van der Waals surface area contributed by atoms with Crippen LogP contribution < -0.4 is 15.2 Å². The first-order valence-electron chi connectivity index (χ1n) is 6.62. The van der Waals surface area contributed by atoms with Crippen LogP contribution >= 0.6 is 0 Å². The Morgan fingerprint density at radius 2 is 1.90 bits per heavy atom. The molecule has 0 aliphatic heterocycles. The van der Waals surface area contributed by atoms with Crippen molar-refractivity contribution in [3.63, 3.8) is 0 Å². The van der Waals surface area contributed by atoms with Gasteiger partial charge in [0, 0.05) is 12.2 Å². The number of methoxy groups -OCH3 is 2. The van der Waals surface area contributed by atoms with Crippen molar-refractivity contribution in [3.05, 3.63) is 53.9 Å². The van der Waals surface area contributed by atoms with Crippen molar-refractivity contribution in [2.45, 2.75) is 18.9 Å². The van der Waals surface area contributed by atoms with E-state index in [9.17, 15) is 0 Å². The predicted octanol–water partition coefficient (Wildman–Crippen LogP) is 2.73. The van der Waals surface area contributed by atoms with Gasteiger partial charge in [-0.25, -0.2) is 0 Å². The van der Waals surface area contributed by atoms with Gasteiger partial charge in [0.15, 0.2) is 11.5 Å². The van der Waals surface area contributed by atoms with Crippen molar-refractivity contribution < 1.29 is 9.47 Å². The lowest BCUT2D eigenvalue weighted by molar-refractivity contribution is 0.354. The molecule has 106 valence electrons. The highest BCUT2D eigenvalue weighted by molar-refractivity contribution is 5.42. The molecule has 1 aromatic heterocycles. The fraction of sp³-hybridized carbons (Fsp3) is 0.312. The van der Waals surface area contributed by atoms with E-state index >= 15 is 0 Å². The Morgan fingerprint density at radius 1 is 1.10 bits per heavy atom. The third-order valence-corrected chi connectivity index (χ3v) is 3.26. The molecule has 0 saturated heterocycles. The van der Waals surface area contributed by atoms with Crippen LogP contribution in [0, 0.1) is 0 Å². The third-order valence-electron chi connectivity index (χ3n) is 3.26. The maximum Gasteiger partial charge on any atom is 0.160 e. The maximum absolute atomic E-state index is 6.15. The first-order valence-corrected chi connectivity index (χ1v) is 6.62. The van der Waals surface area contributed by atoms with Crippen molar-refractivity contribution in [3.8, 4) is 11.5 Å². The van der Waals surface area contributed by atoms with Crippen molar-refractivity contribution in [1.82, 2.24) is 4.98 Å². The number of hydrogen-bond acceptors (Lipinski definition) is 4. The molecular formula is C16H20N2O2. The van der Waals surface area contributed by atoms with Gasteiger partial charge in [0.25, 0.3) is 0 Å². The Balaban J connectivity index is 2.00. The summed E-state index contributed by atoms with van der Waals surface area (Å²) < 4.78 is 10.5. The molecule has 1 aromatic carbocycles. The molecule has 2 aromatic rings. The van der Waals surface area contributed by atoms with Gasteiger partial charge >= 0.3 is 0 Å².